The summed E-state index contributed by atoms with van der Waals surface area (Å²) in [6, 6.07) is 21.4. The van der Waals surface area contributed by atoms with Gasteiger partial charge in [0.1, 0.15) is 31.3 Å². The van der Waals surface area contributed by atoms with Crippen molar-refractivity contribution in [1.29, 1.82) is 0 Å². The lowest BCUT2D eigenvalue weighted by molar-refractivity contribution is -0.140. The molecule has 5 rings (SSSR count). The Morgan fingerprint density at radius 2 is 1.68 bits per heavy atom. The van der Waals surface area contributed by atoms with Gasteiger partial charge in [-0.15, -0.1) is 0 Å². The monoisotopic (exact) mass is 514 g/mol. The van der Waals surface area contributed by atoms with Crippen LogP contribution in [0.3, 0.4) is 0 Å². The van der Waals surface area contributed by atoms with Crippen molar-refractivity contribution in [1.82, 2.24) is 9.80 Å². The minimum atomic E-state index is -0.744. The zero-order chi connectivity index (χ0) is 26.6. The van der Waals surface area contributed by atoms with Crippen LogP contribution in [0.25, 0.3) is 5.76 Å². The molecule has 3 aromatic carbocycles. The third kappa shape index (κ3) is 5.21. The molecule has 2 aliphatic rings. The maximum Gasteiger partial charge on any atom is 0.295 e. The van der Waals surface area contributed by atoms with Crippen molar-refractivity contribution in [3.63, 3.8) is 0 Å². The first-order valence-electron chi connectivity index (χ1n) is 12.5. The molecule has 1 saturated heterocycles. The second kappa shape index (κ2) is 11.0. The standard InChI is InChI=1S/C30H30N2O6/c1-31(2)14-15-32-27(21-8-11-23(12-9-21)38-19-20-6-4-3-5-7-20)26(29(34)30(32)35)28(33)22-10-13-24-25(18-22)37-17-16-36-24/h3-13,18,27,33H,14-17,19H2,1-2H3/b28-26-. The lowest BCUT2D eigenvalue weighted by Gasteiger charge is -2.27. The van der Waals surface area contributed by atoms with Crippen LogP contribution in [0, 0.1) is 0 Å². The van der Waals surface area contributed by atoms with Gasteiger partial charge in [0.05, 0.1) is 11.6 Å². The van der Waals surface area contributed by atoms with E-state index in [1.54, 1.807) is 18.2 Å². The Bertz CT molecular complexity index is 1350. The molecular weight excluding hydrogens is 484 g/mol. The Morgan fingerprint density at radius 3 is 2.39 bits per heavy atom. The largest absolute Gasteiger partial charge is 0.507 e. The van der Waals surface area contributed by atoms with Gasteiger partial charge in [0.25, 0.3) is 11.7 Å². The molecule has 1 atom stereocenters. The van der Waals surface area contributed by atoms with Crippen molar-refractivity contribution in [3.8, 4) is 17.2 Å². The number of amides is 1. The van der Waals surface area contributed by atoms with Crippen LogP contribution in [0.1, 0.15) is 22.7 Å². The van der Waals surface area contributed by atoms with Gasteiger partial charge in [-0.05, 0) is 55.6 Å². The van der Waals surface area contributed by atoms with Crippen LogP contribution >= 0.6 is 0 Å². The normalized spacial score (nSPS) is 18.2. The molecule has 0 spiro atoms. The highest BCUT2D eigenvalue weighted by atomic mass is 16.6. The van der Waals surface area contributed by atoms with E-state index in [9.17, 15) is 14.7 Å². The molecule has 2 heterocycles. The highest BCUT2D eigenvalue weighted by Crippen LogP contribution is 2.41. The van der Waals surface area contributed by atoms with Crippen LogP contribution in [-0.4, -0.2) is 67.0 Å². The van der Waals surface area contributed by atoms with E-state index in [1.165, 1.54) is 4.90 Å². The number of ether oxygens (including phenoxy) is 3. The fourth-order valence-electron chi connectivity index (χ4n) is 4.60. The topological polar surface area (TPSA) is 88.5 Å². The van der Waals surface area contributed by atoms with E-state index in [-0.39, 0.29) is 11.3 Å². The van der Waals surface area contributed by atoms with E-state index in [2.05, 4.69) is 0 Å². The summed E-state index contributed by atoms with van der Waals surface area (Å²) in [5.74, 6) is 0.114. The second-order valence-electron chi connectivity index (χ2n) is 9.50. The average molecular weight is 515 g/mol. The van der Waals surface area contributed by atoms with Gasteiger partial charge in [-0.25, -0.2) is 0 Å². The number of hydrogen-bond donors (Lipinski definition) is 1. The first kappa shape index (κ1) is 25.4. The van der Waals surface area contributed by atoms with Crippen molar-refractivity contribution >= 4 is 17.4 Å². The van der Waals surface area contributed by atoms with Gasteiger partial charge in [0, 0.05) is 18.7 Å². The van der Waals surface area contributed by atoms with Crippen LogP contribution in [0.5, 0.6) is 17.2 Å². The molecular formula is C30H30N2O6. The highest BCUT2D eigenvalue weighted by molar-refractivity contribution is 6.46. The lowest BCUT2D eigenvalue weighted by atomic mass is 9.95. The van der Waals surface area contributed by atoms with Gasteiger partial charge in [-0.3, -0.25) is 9.59 Å². The zero-order valence-electron chi connectivity index (χ0n) is 21.4. The van der Waals surface area contributed by atoms with Gasteiger partial charge in [0.2, 0.25) is 0 Å². The number of aliphatic hydroxyl groups excluding tert-OH is 1. The number of hydrogen-bond acceptors (Lipinski definition) is 7. The molecule has 1 amide bonds. The summed E-state index contributed by atoms with van der Waals surface area (Å²) < 4.78 is 17.1. The summed E-state index contributed by atoms with van der Waals surface area (Å²) >= 11 is 0. The molecule has 0 bridgehead atoms. The fraction of sp³-hybridized carbons (Fsp3) is 0.267. The van der Waals surface area contributed by atoms with Crippen LogP contribution < -0.4 is 14.2 Å². The first-order valence-corrected chi connectivity index (χ1v) is 12.5. The van der Waals surface area contributed by atoms with Crippen LogP contribution in [0.2, 0.25) is 0 Å². The summed E-state index contributed by atoms with van der Waals surface area (Å²) in [4.78, 5) is 29.9. The predicted octanol–water partition coefficient (Wildman–Crippen LogP) is 4.02. The number of likely N-dealkylation sites (N-methyl/N-ethyl adjacent to an activating group) is 1. The van der Waals surface area contributed by atoms with Gasteiger partial charge >= 0.3 is 0 Å². The molecule has 38 heavy (non-hydrogen) atoms. The van der Waals surface area contributed by atoms with E-state index in [4.69, 9.17) is 14.2 Å². The molecule has 0 aliphatic carbocycles. The number of nitrogens with zero attached hydrogens (tertiary/aromatic N) is 2. The maximum absolute atomic E-state index is 13.3. The van der Waals surface area contributed by atoms with Crippen LogP contribution in [-0.2, 0) is 16.2 Å². The molecule has 3 aromatic rings. The number of rotatable bonds is 8. The van der Waals surface area contributed by atoms with E-state index in [0.717, 1.165) is 5.56 Å². The summed E-state index contributed by atoms with van der Waals surface area (Å²) in [5, 5.41) is 11.4. The van der Waals surface area contributed by atoms with Gasteiger partial charge in [0.15, 0.2) is 11.5 Å². The molecule has 8 nitrogen and oxygen atoms in total. The maximum atomic E-state index is 13.3. The molecule has 0 saturated carbocycles. The minimum absolute atomic E-state index is 0.0448. The van der Waals surface area contributed by atoms with Crippen molar-refractivity contribution in [2.75, 3.05) is 40.4 Å². The van der Waals surface area contributed by atoms with Crippen molar-refractivity contribution < 1.29 is 28.9 Å². The number of carbonyl (C=O) groups excluding carboxylic acids is 2. The van der Waals surface area contributed by atoms with Crippen molar-refractivity contribution in [2.45, 2.75) is 12.6 Å². The minimum Gasteiger partial charge on any atom is -0.507 e. The molecule has 1 unspecified atom stereocenters. The number of carbonyl (C=O) groups is 2. The van der Waals surface area contributed by atoms with Gasteiger partial charge < -0.3 is 29.1 Å². The van der Waals surface area contributed by atoms with Crippen LogP contribution in [0.15, 0.2) is 78.4 Å². The third-order valence-electron chi connectivity index (χ3n) is 6.59. The fourth-order valence-corrected chi connectivity index (χ4v) is 4.60. The SMILES string of the molecule is CN(C)CCN1C(=O)C(=O)/C(=C(\O)c2ccc3c(c2)OCCO3)C1c1ccc(OCc2ccccc2)cc1. The first-order chi connectivity index (χ1) is 18.4. The summed E-state index contributed by atoms with van der Waals surface area (Å²) in [6.45, 7) is 2.15. The lowest BCUT2D eigenvalue weighted by Crippen LogP contribution is -2.35. The molecule has 1 fully saturated rings. The summed E-state index contributed by atoms with van der Waals surface area (Å²) in [7, 11) is 3.80. The van der Waals surface area contributed by atoms with Gasteiger partial charge in [-0.1, -0.05) is 42.5 Å². The Kier molecular flexibility index (Phi) is 7.33. The average Bonchev–Trinajstić information content (AvgIpc) is 3.20. The second-order valence-corrected chi connectivity index (χ2v) is 9.50. The molecule has 8 heteroatoms. The zero-order valence-corrected chi connectivity index (χ0v) is 21.4. The number of likely N-dealkylation sites (tertiary alicyclic amines) is 1. The van der Waals surface area contributed by atoms with Crippen molar-refractivity contribution in [2.24, 2.45) is 0 Å². The van der Waals surface area contributed by atoms with E-state index in [1.807, 2.05) is 73.6 Å². The van der Waals surface area contributed by atoms with E-state index >= 15 is 0 Å². The van der Waals surface area contributed by atoms with E-state index in [0.29, 0.717) is 61.3 Å². The van der Waals surface area contributed by atoms with E-state index < -0.39 is 17.7 Å². The van der Waals surface area contributed by atoms with Crippen LogP contribution in [0.4, 0.5) is 0 Å². The molecule has 0 aromatic heterocycles. The van der Waals surface area contributed by atoms with Gasteiger partial charge in [-0.2, -0.15) is 0 Å². The number of Topliss-reactive ketones (excluding diaryl/α,β-unsaturated/α-hetero) is 1. The molecule has 1 N–H and O–H groups in total. The third-order valence-corrected chi connectivity index (χ3v) is 6.59. The molecule has 196 valence electrons. The predicted molar refractivity (Wildman–Crippen MR) is 142 cm³/mol. The number of ketones is 1. The quantitative estimate of drug-likeness (QED) is 0.276. The summed E-state index contributed by atoms with van der Waals surface area (Å²) in [5.41, 5.74) is 2.18. The number of aliphatic hydroxyl groups is 1. The molecule has 0 radical (unpaired) electrons. The smallest absolute Gasteiger partial charge is 0.295 e. The Morgan fingerprint density at radius 1 is 0.974 bits per heavy atom. The van der Waals surface area contributed by atoms with Crippen molar-refractivity contribution in [3.05, 3.63) is 95.1 Å². The Labute approximate surface area is 221 Å². The highest BCUT2D eigenvalue weighted by Gasteiger charge is 2.46. The number of benzene rings is 3. The molecule has 2 aliphatic heterocycles. The Hall–Kier alpha value is -4.30. The Balaban J connectivity index is 1.49. The summed E-state index contributed by atoms with van der Waals surface area (Å²) in [6.07, 6.45) is 0. The number of fused-ring (bicyclic) bond motifs is 1.